The molecule has 0 unspecified atom stereocenters. The van der Waals surface area contributed by atoms with Crippen LogP contribution in [0.15, 0.2) is 28.6 Å². The number of aliphatic imine (C=N–C) groups is 1. The van der Waals surface area contributed by atoms with Gasteiger partial charge in [-0.3, -0.25) is 4.99 Å². The van der Waals surface area contributed by atoms with Gasteiger partial charge in [0.15, 0.2) is 11.7 Å². The summed E-state index contributed by atoms with van der Waals surface area (Å²) < 4.78 is 67.1. The second kappa shape index (κ2) is 8.98. The van der Waals surface area contributed by atoms with Gasteiger partial charge in [0.2, 0.25) is 0 Å². The Kier molecular flexibility index (Phi) is 6.94. The van der Waals surface area contributed by atoms with Gasteiger partial charge in [-0.1, -0.05) is 17.7 Å². The third-order valence-corrected chi connectivity index (χ3v) is 4.20. The van der Waals surface area contributed by atoms with E-state index in [0.29, 0.717) is 5.56 Å². The minimum Gasteiger partial charge on any atom is -0.434 e. The maximum Gasteiger partial charge on any atom is 0.434 e. The molecule has 1 heterocycles. The van der Waals surface area contributed by atoms with Crippen LogP contribution >= 0.6 is 11.3 Å². The number of aromatic nitrogens is 1. The second-order valence-electron chi connectivity index (χ2n) is 5.39. The summed E-state index contributed by atoms with van der Waals surface area (Å²) in [4.78, 5) is 7.46. The van der Waals surface area contributed by atoms with Crippen LogP contribution in [-0.4, -0.2) is 24.6 Å². The Hall–Kier alpha value is -2.43. The molecule has 1 aromatic carbocycles. The molecule has 0 saturated carbocycles. The van der Waals surface area contributed by atoms with Crippen LogP contribution in [0, 0.1) is 6.92 Å². The summed E-state index contributed by atoms with van der Waals surface area (Å²) in [6.07, 6.45) is -4.49. The average Bonchev–Trinajstić information content (AvgIpc) is 3.06. The summed E-state index contributed by atoms with van der Waals surface area (Å²) in [6.45, 7) is -0.968. The standard InChI is InChI=1S/C16H17F5N4OS/c1-9-3-4-11(26-14(17)18)10(5-9)6-23-15(22-2)24-7-13-25-12(8-27-13)16(19,20)21/h3-5,8,14H,6-7H2,1-2H3,(H2,22,23,24). The van der Waals surface area contributed by atoms with Crippen LogP contribution in [0.5, 0.6) is 5.75 Å². The van der Waals surface area contributed by atoms with E-state index < -0.39 is 18.5 Å². The van der Waals surface area contributed by atoms with E-state index in [-0.39, 0.29) is 29.8 Å². The highest BCUT2D eigenvalue weighted by atomic mass is 32.1. The quantitative estimate of drug-likeness (QED) is 0.432. The molecule has 0 aliphatic rings. The van der Waals surface area contributed by atoms with E-state index in [9.17, 15) is 22.0 Å². The first-order chi connectivity index (χ1) is 12.7. The molecule has 5 nitrogen and oxygen atoms in total. The van der Waals surface area contributed by atoms with Crippen LogP contribution in [0.25, 0.3) is 0 Å². The van der Waals surface area contributed by atoms with Crippen LogP contribution in [-0.2, 0) is 19.3 Å². The number of thiazole rings is 1. The van der Waals surface area contributed by atoms with Gasteiger partial charge in [0.25, 0.3) is 0 Å². The Balaban J connectivity index is 1.96. The first-order valence-corrected chi connectivity index (χ1v) is 8.57. The van der Waals surface area contributed by atoms with Crippen molar-refractivity contribution < 1.29 is 26.7 Å². The molecule has 2 N–H and O–H groups in total. The van der Waals surface area contributed by atoms with Gasteiger partial charge in [0.05, 0.1) is 6.54 Å². The first-order valence-electron chi connectivity index (χ1n) is 7.69. The molecular weight excluding hydrogens is 391 g/mol. The molecule has 0 aliphatic carbocycles. The fourth-order valence-corrected chi connectivity index (χ4v) is 2.88. The number of benzene rings is 1. The van der Waals surface area contributed by atoms with Crippen LogP contribution in [0.2, 0.25) is 0 Å². The highest BCUT2D eigenvalue weighted by molar-refractivity contribution is 7.09. The summed E-state index contributed by atoms with van der Waals surface area (Å²) in [7, 11) is 1.48. The Morgan fingerprint density at radius 2 is 1.96 bits per heavy atom. The topological polar surface area (TPSA) is 58.5 Å². The number of alkyl halides is 5. The maximum atomic E-state index is 12.6. The fraction of sp³-hybridized carbons (Fsp3) is 0.375. The van der Waals surface area contributed by atoms with E-state index in [0.717, 1.165) is 22.3 Å². The highest BCUT2D eigenvalue weighted by Gasteiger charge is 2.33. The van der Waals surface area contributed by atoms with E-state index in [1.165, 1.54) is 13.1 Å². The van der Waals surface area contributed by atoms with Crippen molar-refractivity contribution in [2.24, 2.45) is 4.99 Å². The number of guanidine groups is 1. The number of aryl methyl sites for hydroxylation is 1. The predicted molar refractivity (Wildman–Crippen MR) is 92.0 cm³/mol. The average molecular weight is 408 g/mol. The summed E-state index contributed by atoms with van der Waals surface area (Å²) in [5, 5.41) is 6.91. The summed E-state index contributed by atoms with van der Waals surface area (Å²) >= 11 is 0.875. The molecular formula is C16H17F5N4OS. The molecule has 2 aromatic rings. The largest absolute Gasteiger partial charge is 0.434 e. The molecule has 0 fully saturated rings. The molecule has 0 spiro atoms. The Morgan fingerprint density at radius 3 is 2.56 bits per heavy atom. The second-order valence-corrected chi connectivity index (χ2v) is 6.34. The smallest absolute Gasteiger partial charge is 0.434 e. The van der Waals surface area contributed by atoms with Gasteiger partial charge in [-0.2, -0.15) is 22.0 Å². The van der Waals surface area contributed by atoms with Gasteiger partial charge in [-0.15, -0.1) is 11.3 Å². The van der Waals surface area contributed by atoms with E-state index in [1.54, 1.807) is 12.1 Å². The van der Waals surface area contributed by atoms with Crippen molar-refractivity contribution in [3.63, 3.8) is 0 Å². The van der Waals surface area contributed by atoms with Crippen molar-refractivity contribution in [3.8, 4) is 5.75 Å². The van der Waals surface area contributed by atoms with Gasteiger partial charge >= 0.3 is 12.8 Å². The van der Waals surface area contributed by atoms with Crippen LogP contribution < -0.4 is 15.4 Å². The molecule has 0 bridgehead atoms. The lowest BCUT2D eigenvalue weighted by Gasteiger charge is -2.14. The van der Waals surface area contributed by atoms with Crippen LogP contribution in [0.4, 0.5) is 22.0 Å². The van der Waals surface area contributed by atoms with Gasteiger partial charge in [-0.25, -0.2) is 4.98 Å². The molecule has 0 saturated heterocycles. The van der Waals surface area contributed by atoms with E-state index in [2.05, 4.69) is 25.3 Å². The van der Waals surface area contributed by atoms with Crippen molar-refractivity contribution in [2.45, 2.75) is 32.8 Å². The van der Waals surface area contributed by atoms with Gasteiger partial charge in [0, 0.05) is 24.5 Å². The van der Waals surface area contributed by atoms with Crippen molar-refractivity contribution in [3.05, 3.63) is 45.4 Å². The number of nitrogens with one attached hydrogen (secondary N) is 2. The highest BCUT2D eigenvalue weighted by Crippen LogP contribution is 2.29. The molecule has 148 valence electrons. The number of hydrogen-bond acceptors (Lipinski definition) is 4. The zero-order chi connectivity index (χ0) is 20.0. The van der Waals surface area contributed by atoms with E-state index in [4.69, 9.17) is 0 Å². The lowest BCUT2D eigenvalue weighted by molar-refractivity contribution is -0.140. The number of rotatable bonds is 6. The number of halogens is 5. The third-order valence-electron chi connectivity index (χ3n) is 3.35. The van der Waals surface area contributed by atoms with Crippen molar-refractivity contribution in [1.29, 1.82) is 0 Å². The number of hydrogen-bond donors (Lipinski definition) is 2. The molecule has 1 aromatic heterocycles. The van der Waals surface area contributed by atoms with Gasteiger partial charge in [0.1, 0.15) is 10.8 Å². The zero-order valence-corrected chi connectivity index (χ0v) is 15.2. The molecule has 0 radical (unpaired) electrons. The normalized spacial score (nSPS) is 12.4. The van der Waals surface area contributed by atoms with Gasteiger partial charge in [-0.05, 0) is 13.0 Å². The van der Waals surface area contributed by atoms with Gasteiger partial charge < -0.3 is 15.4 Å². The maximum absolute atomic E-state index is 12.6. The SMILES string of the molecule is CN=C(NCc1nc(C(F)(F)F)cs1)NCc1cc(C)ccc1OC(F)F. The van der Waals surface area contributed by atoms with Crippen molar-refractivity contribution >= 4 is 17.3 Å². The number of ether oxygens (including phenoxy) is 1. The van der Waals surface area contributed by atoms with E-state index in [1.807, 2.05) is 6.92 Å². The van der Waals surface area contributed by atoms with Crippen molar-refractivity contribution in [1.82, 2.24) is 15.6 Å². The molecule has 11 heteroatoms. The first kappa shape index (κ1) is 20.9. The summed E-state index contributed by atoms with van der Waals surface area (Å²) in [6, 6.07) is 4.78. The molecule has 0 aliphatic heterocycles. The zero-order valence-electron chi connectivity index (χ0n) is 14.4. The predicted octanol–water partition coefficient (Wildman–Crippen LogP) is 3.94. The molecule has 0 atom stereocenters. The molecule has 0 amide bonds. The van der Waals surface area contributed by atoms with Crippen LogP contribution in [0.3, 0.4) is 0 Å². The lowest BCUT2D eigenvalue weighted by Crippen LogP contribution is -2.36. The molecule has 2 rings (SSSR count). The van der Waals surface area contributed by atoms with Crippen molar-refractivity contribution in [2.75, 3.05) is 7.05 Å². The Bertz CT molecular complexity index is 791. The Labute approximate surface area is 156 Å². The third kappa shape index (κ3) is 6.35. The molecule has 27 heavy (non-hydrogen) atoms. The number of nitrogens with zero attached hydrogens (tertiary/aromatic N) is 2. The van der Waals surface area contributed by atoms with E-state index >= 15 is 0 Å². The Morgan fingerprint density at radius 1 is 1.26 bits per heavy atom. The minimum absolute atomic E-state index is 0.0355. The fourth-order valence-electron chi connectivity index (χ4n) is 2.14. The minimum atomic E-state index is -4.49. The monoisotopic (exact) mass is 408 g/mol. The summed E-state index contributed by atoms with van der Waals surface area (Å²) in [5.74, 6) is 0.316. The lowest BCUT2D eigenvalue weighted by atomic mass is 10.1. The summed E-state index contributed by atoms with van der Waals surface area (Å²) in [5.41, 5.74) is 0.409. The van der Waals surface area contributed by atoms with Crippen LogP contribution in [0.1, 0.15) is 21.8 Å².